The van der Waals surface area contributed by atoms with E-state index < -0.39 is 7.28 Å². The summed E-state index contributed by atoms with van der Waals surface area (Å²) in [5.41, 5.74) is 2.51. The van der Waals surface area contributed by atoms with Crippen LogP contribution in [0.1, 0.15) is 77.7 Å². The summed E-state index contributed by atoms with van der Waals surface area (Å²) in [6.07, 6.45) is 10.7. The second kappa shape index (κ2) is 9.68. The van der Waals surface area contributed by atoms with Gasteiger partial charge in [-0.15, -0.1) is 0 Å². The minimum atomic E-state index is -4.70. The summed E-state index contributed by atoms with van der Waals surface area (Å²) in [4.78, 5) is 30.9. The molecule has 0 amide bonds. The van der Waals surface area contributed by atoms with E-state index in [9.17, 15) is 14.7 Å². The molecule has 138 valence electrons. The van der Waals surface area contributed by atoms with Crippen LogP contribution in [0.3, 0.4) is 0 Å². The normalized spacial score (nSPS) is 13.3. The maximum absolute atomic E-state index is 10.3. The molecule has 0 bridgehead atoms. The van der Waals surface area contributed by atoms with Gasteiger partial charge in [-0.3, -0.25) is 0 Å². The molecule has 0 aliphatic heterocycles. The zero-order valence-corrected chi connectivity index (χ0v) is 16.4. The molecule has 1 aromatic rings. The molecule has 0 spiro atoms. The van der Waals surface area contributed by atoms with Gasteiger partial charge in [-0.2, -0.15) is 0 Å². The van der Waals surface area contributed by atoms with Crippen LogP contribution in [-0.2, 0) is 0 Å². The molecule has 0 atom stereocenters. The van der Waals surface area contributed by atoms with Gasteiger partial charge >= 0.3 is 147 Å². The quantitative estimate of drug-likeness (QED) is 0.482. The minimum absolute atomic E-state index is 0.0372. The Balaban J connectivity index is 2.93. The zero-order valence-electron chi connectivity index (χ0n) is 15.5. The van der Waals surface area contributed by atoms with Crippen molar-refractivity contribution in [2.45, 2.75) is 72.1 Å². The summed E-state index contributed by atoms with van der Waals surface area (Å²) in [6, 6.07) is 7.08. The summed E-state index contributed by atoms with van der Waals surface area (Å²) < 4.78 is 0. The third-order valence-corrected chi connectivity index (χ3v) is 6.92. The van der Waals surface area contributed by atoms with E-state index in [1.807, 2.05) is 19.1 Å². The Labute approximate surface area is 147 Å². The third kappa shape index (κ3) is 7.03. The molecule has 3 N–H and O–H groups in total. The Kier molecular flexibility index (Phi) is 8.59. The van der Waals surface area contributed by atoms with E-state index in [2.05, 4.69) is 19.9 Å². The number of hydrogen-bond acceptors (Lipinski definition) is 3. The molecule has 1 rings (SSSR count). The average Bonchev–Trinajstić information content (AvgIpc) is 2.55. The SMILES string of the molecule is CCCCC(=Cc1ccc(P(O)(O)(O)CCCC)cc1)CCCC. The fraction of sp³-hybridized carbons (Fsp3) is 0.600. The van der Waals surface area contributed by atoms with Gasteiger partial charge < -0.3 is 0 Å². The van der Waals surface area contributed by atoms with Crippen molar-refractivity contribution in [2.75, 3.05) is 6.16 Å². The van der Waals surface area contributed by atoms with Crippen molar-refractivity contribution < 1.29 is 14.7 Å². The summed E-state index contributed by atoms with van der Waals surface area (Å²) >= 11 is 0. The summed E-state index contributed by atoms with van der Waals surface area (Å²) in [5, 5.41) is 0.260. The molecular weight excluding hydrogens is 319 g/mol. The van der Waals surface area contributed by atoms with Crippen molar-refractivity contribution in [1.29, 1.82) is 0 Å². The van der Waals surface area contributed by atoms with E-state index in [-0.39, 0.29) is 11.5 Å². The molecule has 0 heterocycles. The zero-order chi connectivity index (χ0) is 18.1. The molecule has 4 heteroatoms. The molecule has 3 nitrogen and oxygen atoms in total. The molecular formula is C20H35O3P. The van der Waals surface area contributed by atoms with E-state index in [4.69, 9.17) is 0 Å². The van der Waals surface area contributed by atoms with Crippen molar-refractivity contribution >= 4 is 18.7 Å². The van der Waals surface area contributed by atoms with Crippen LogP contribution in [0.25, 0.3) is 6.08 Å². The summed E-state index contributed by atoms with van der Waals surface area (Å²) in [5.74, 6) is 0. The fourth-order valence-corrected chi connectivity index (χ4v) is 4.68. The molecule has 0 aliphatic carbocycles. The van der Waals surface area contributed by atoms with Crippen LogP contribution >= 0.6 is 7.28 Å². The Hall–Kier alpha value is -0.730. The molecule has 0 aromatic heterocycles. The second-order valence-electron chi connectivity index (χ2n) is 6.83. The first-order valence-electron chi connectivity index (χ1n) is 9.37. The predicted octanol–water partition coefficient (Wildman–Crippen LogP) is 5.15. The van der Waals surface area contributed by atoms with Gasteiger partial charge in [0.15, 0.2) is 0 Å². The number of allylic oxidation sites excluding steroid dienone is 1. The third-order valence-electron chi connectivity index (χ3n) is 4.42. The van der Waals surface area contributed by atoms with Gasteiger partial charge in [0.25, 0.3) is 0 Å². The number of unbranched alkanes of at least 4 members (excludes halogenated alkanes) is 3. The van der Waals surface area contributed by atoms with Gasteiger partial charge in [-0.1, -0.05) is 0 Å². The number of rotatable bonds is 11. The summed E-state index contributed by atoms with van der Waals surface area (Å²) in [6.45, 7) is 6.37. The molecule has 0 radical (unpaired) electrons. The molecule has 0 saturated heterocycles. The fourth-order valence-electron chi connectivity index (χ4n) is 2.77. The van der Waals surface area contributed by atoms with Gasteiger partial charge in [0, 0.05) is 0 Å². The first-order chi connectivity index (χ1) is 11.3. The van der Waals surface area contributed by atoms with Crippen LogP contribution in [0.4, 0.5) is 0 Å². The molecule has 0 aliphatic rings. The van der Waals surface area contributed by atoms with Crippen LogP contribution in [0.15, 0.2) is 29.8 Å². The standard InChI is InChI=1S/C20H35O3P/c1-4-7-10-18(11-8-5-2)17-19-12-14-20(15-13-19)24(21,22,23)16-9-6-3/h12-15,17,21-23H,4-11,16H2,1-3H3. The van der Waals surface area contributed by atoms with E-state index in [1.165, 1.54) is 31.3 Å². The number of hydrogen-bond donors (Lipinski definition) is 3. The van der Waals surface area contributed by atoms with Crippen LogP contribution in [-0.4, -0.2) is 20.8 Å². The summed E-state index contributed by atoms with van der Waals surface area (Å²) in [7, 11) is -4.70. The maximum atomic E-state index is 10.3. The Bertz CT molecular complexity index is 502. The Morgan fingerprint density at radius 1 is 0.833 bits per heavy atom. The van der Waals surface area contributed by atoms with Crippen molar-refractivity contribution in [3.63, 3.8) is 0 Å². The molecule has 1 aromatic carbocycles. The van der Waals surface area contributed by atoms with Gasteiger partial charge in [0.2, 0.25) is 0 Å². The topological polar surface area (TPSA) is 60.7 Å². The second-order valence-corrected chi connectivity index (χ2v) is 10.1. The van der Waals surface area contributed by atoms with Crippen LogP contribution in [0.5, 0.6) is 0 Å². The first-order valence-corrected chi connectivity index (χ1v) is 11.6. The van der Waals surface area contributed by atoms with Crippen molar-refractivity contribution in [1.82, 2.24) is 0 Å². The van der Waals surface area contributed by atoms with Crippen LogP contribution < -0.4 is 5.30 Å². The van der Waals surface area contributed by atoms with Gasteiger partial charge in [-0.25, -0.2) is 0 Å². The first kappa shape index (κ1) is 21.3. The van der Waals surface area contributed by atoms with E-state index >= 15 is 0 Å². The monoisotopic (exact) mass is 354 g/mol. The molecule has 0 unspecified atom stereocenters. The Morgan fingerprint density at radius 2 is 1.33 bits per heavy atom. The molecule has 0 saturated carbocycles. The van der Waals surface area contributed by atoms with Crippen LogP contribution in [0.2, 0.25) is 0 Å². The van der Waals surface area contributed by atoms with E-state index in [1.54, 1.807) is 12.1 Å². The van der Waals surface area contributed by atoms with E-state index in [0.717, 1.165) is 24.8 Å². The average molecular weight is 354 g/mol. The van der Waals surface area contributed by atoms with Gasteiger partial charge in [0.05, 0.1) is 0 Å². The van der Waals surface area contributed by atoms with E-state index in [0.29, 0.717) is 6.42 Å². The molecule has 24 heavy (non-hydrogen) atoms. The number of benzene rings is 1. The Morgan fingerprint density at radius 3 is 1.79 bits per heavy atom. The predicted molar refractivity (Wildman–Crippen MR) is 106 cm³/mol. The van der Waals surface area contributed by atoms with Gasteiger partial charge in [0.1, 0.15) is 0 Å². The van der Waals surface area contributed by atoms with Crippen molar-refractivity contribution in [3.05, 3.63) is 35.4 Å². The van der Waals surface area contributed by atoms with Crippen molar-refractivity contribution in [3.8, 4) is 0 Å². The van der Waals surface area contributed by atoms with Crippen molar-refractivity contribution in [2.24, 2.45) is 0 Å². The van der Waals surface area contributed by atoms with Gasteiger partial charge in [-0.05, 0) is 0 Å². The van der Waals surface area contributed by atoms with Crippen LogP contribution in [0, 0.1) is 0 Å². The molecule has 0 fully saturated rings.